The molecule has 214 valence electrons. The lowest BCUT2D eigenvalue weighted by Crippen LogP contribution is -2.44. The smallest absolute Gasteiger partial charge is 0.272 e. The Balaban J connectivity index is 1.17. The van der Waals surface area contributed by atoms with Gasteiger partial charge in [0, 0.05) is 43.7 Å². The highest BCUT2D eigenvalue weighted by Gasteiger charge is 2.33. The van der Waals surface area contributed by atoms with Gasteiger partial charge in [0.25, 0.3) is 5.91 Å². The monoisotopic (exact) mass is 563 g/mol. The molecule has 0 saturated carbocycles. The van der Waals surface area contributed by atoms with Crippen molar-refractivity contribution in [1.29, 1.82) is 0 Å². The molecular weight excluding hydrogens is 530 g/mol. The van der Waals surface area contributed by atoms with E-state index < -0.39 is 0 Å². The van der Waals surface area contributed by atoms with Gasteiger partial charge in [-0.3, -0.25) is 14.5 Å². The van der Waals surface area contributed by atoms with Gasteiger partial charge in [-0.1, -0.05) is 36.4 Å². The number of pyridine rings is 1. The average Bonchev–Trinajstić information content (AvgIpc) is 3.63. The van der Waals surface area contributed by atoms with Crippen LogP contribution in [0.2, 0.25) is 0 Å². The van der Waals surface area contributed by atoms with Gasteiger partial charge in [-0.2, -0.15) is 5.10 Å². The maximum absolute atomic E-state index is 13.5. The Morgan fingerprint density at radius 2 is 1.86 bits per heavy atom. The molecule has 1 unspecified atom stereocenters. The fraction of sp³-hybridized carbons (Fsp3) is 0.258. The molecule has 1 fully saturated rings. The van der Waals surface area contributed by atoms with Crippen LogP contribution in [0.3, 0.4) is 0 Å². The zero-order valence-electron chi connectivity index (χ0n) is 23.6. The largest absolute Gasteiger partial charge is 0.436 e. The molecule has 4 heterocycles. The van der Waals surface area contributed by atoms with Gasteiger partial charge in [-0.05, 0) is 61.1 Å². The predicted octanol–water partition coefficient (Wildman–Crippen LogP) is 4.35. The SMILES string of the molecule is C/C(N)=N/N(N)C(c1ccccc1)C1CCN(C(=O)c2cc(-c3nc4cc(-c5cnn(C)c5)ccc4o3)ccn2)CC1. The van der Waals surface area contributed by atoms with Crippen LogP contribution in [0.25, 0.3) is 33.7 Å². The number of carbonyl (C=O) groups is 1. The van der Waals surface area contributed by atoms with Gasteiger partial charge in [-0.15, -0.1) is 5.10 Å². The molecule has 1 saturated heterocycles. The lowest BCUT2D eigenvalue weighted by molar-refractivity contribution is 0.0575. The Morgan fingerprint density at radius 3 is 2.57 bits per heavy atom. The standard InChI is InChI=1S/C31H33N9O2/c1-20(32)37-40(33)29(21-6-4-3-5-7-21)22-11-14-39(15-12-22)31(41)27-17-24(10-13-34-27)30-36-26-16-23(8-9-28(26)42-30)25-18-35-38(2)19-25/h3-10,13,16-19,22,29H,11-12,14-15,33H2,1-2H3,(H2,32,37). The number of amides is 1. The minimum atomic E-state index is -0.152. The first kappa shape index (κ1) is 27.2. The summed E-state index contributed by atoms with van der Waals surface area (Å²) in [6, 6.07) is 19.3. The van der Waals surface area contributed by atoms with Crippen molar-refractivity contribution in [2.75, 3.05) is 13.1 Å². The highest BCUT2D eigenvalue weighted by atomic mass is 16.3. The van der Waals surface area contributed by atoms with Gasteiger partial charge >= 0.3 is 0 Å². The minimum Gasteiger partial charge on any atom is -0.436 e. The van der Waals surface area contributed by atoms with Crippen molar-refractivity contribution in [3.63, 3.8) is 0 Å². The molecule has 3 aromatic heterocycles. The summed E-state index contributed by atoms with van der Waals surface area (Å²) in [5, 5.41) is 10.0. The van der Waals surface area contributed by atoms with Crippen molar-refractivity contribution in [3.8, 4) is 22.6 Å². The summed E-state index contributed by atoms with van der Waals surface area (Å²) in [7, 11) is 1.88. The highest BCUT2D eigenvalue weighted by Crippen LogP contribution is 2.35. The summed E-state index contributed by atoms with van der Waals surface area (Å²) in [6.07, 6.45) is 6.92. The van der Waals surface area contributed by atoms with Crippen molar-refractivity contribution < 1.29 is 9.21 Å². The van der Waals surface area contributed by atoms with Crippen molar-refractivity contribution >= 4 is 22.8 Å². The molecule has 6 rings (SSSR count). The lowest BCUT2D eigenvalue weighted by Gasteiger charge is -2.38. The van der Waals surface area contributed by atoms with Gasteiger partial charge < -0.3 is 15.1 Å². The average molecular weight is 564 g/mol. The van der Waals surface area contributed by atoms with Crippen LogP contribution in [0.1, 0.15) is 41.9 Å². The van der Waals surface area contributed by atoms with Crippen LogP contribution in [-0.4, -0.2) is 54.6 Å². The Morgan fingerprint density at radius 1 is 1.07 bits per heavy atom. The molecule has 11 heteroatoms. The van der Waals surface area contributed by atoms with E-state index in [0.29, 0.717) is 41.7 Å². The Bertz CT molecular complexity index is 1730. The Hall–Kier alpha value is -5.03. The number of hydrogen-bond donors (Lipinski definition) is 2. The summed E-state index contributed by atoms with van der Waals surface area (Å²) in [5.74, 6) is 7.27. The van der Waals surface area contributed by atoms with E-state index in [0.717, 1.165) is 35.0 Å². The van der Waals surface area contributed by atoms with Crippen molar-refractivity contribution in [1.82, 2.24) is 29.8 Å². The first-order valence-electron chi connectivity index (χ1n) is 13.9. The first-order valence-corrected chi connectivity index (χ1v) is 13.9. The number of piperidine rings is 1. The zero-order chi connectivity index (χ0) is 29.2. The van der Waals surface area contributed by atoms with Crippen molar-refractivity contribution in [3.05, 3.63) is 90.5 Å². The Labute approximate surface area is 243 Å². The lowest BCUT2D eigenvalue weighted by atomic mass is 9.85. The zero-order valence-corrected chi connectivity index (χ0v) is 23.6. The van der Waals surface area contributed by atoms with Crippen molar-refractivity contribution in [2.24, 2.45) is 29.6 Å². The van der Waals surface area contributed by atoms with E-state index in [1.54, 1.807) is 29.9 Å². The van der Waals surface area contributed by atoms with Gasteiger partial charge in [0.15, 0.2) is 5.58 Å². The number of carbonyl (C=O) groups excluding carboxylic acids is 1. The second-order valence-electron chi connectivity index (χ2n) is 10.6. The van der Waals surface area contributed by atoms with Crippen LogP contribution in [0, 0.1) is 5.92 Å². The molecule has 0 radical (unpaired) electrons. The van der Waals surface area contributed by atoms with Crippen LogP contribution in [0.5, 0.6) is 0 Å². The normalized spacial score (nSPS) is 15.2. The third-order valence-corrected chi connectivity index (χ3v) is 7.62. The van der Waals surface area contributed by atoms with Crippen LogP contribution in [0.4, 0.5) is 0 Å². The van der Waals surface area contributed by atoms with Gasteiger partial charge in [-0.25, -0.2) is 15.9 Å². The van der Waals surface area contributed by atoms with Crippen LogP contribution < -0.4 is 11.6 Å². The molecule has 1 aliphatic heterocycles. The highest BCUT2D eigenvalue weighted by molar-refractivity contribution is 5.93. The van der Waals surface area contributed by atoms with E-state index in [4.69, 9.17) is 21.0 Å². The molecule has 1 amide bonds. The van der Waals surface area contributed by atoms with E-state index >= 15 is 0 Å². The number of aromatic nitrogens is 4. The fourth-order valence-corrected chi connectivity index (χ4v) is 5.60. The number of oxazole rings is 1. The molecule has 0 spiro atoms. The van der Waals surface area contributed by atoms with E-state index in [-0.39, 0.29) is 17.9 Å². The summed E-state index contributed by atoms with van der Waals surface area (Å²) in [4.78, 5) is 24.4. The van der Waals surface area contributed by atoms with Crippen LogP contribution >= 0.6 is 0 Å². The van der Waals surface area contributed by atoms with Crippen LogP contribution in [-0.2, 0) is 7.05 Å². The third-order valence-electron chi connectivity index (χ3n) is 7.62. The number of rotatable bonds is 7. The predicted molar refractivity (Wildman–Crippen MR) is 161 cm³/mol. The maximum Gasteiger partial charge on any atom is 0.272 e. The molecule has 11 nitrogen and oxygen atoms in total. The summed E-state index contributed by atoms with van der Waals surface area (Å²) in [6.45, 7) is 2.88. The second-order valence-corrected chi connectivity index (χ2v) is 10.6. The van der Waals surface area contributed by atoms with E-state index in [1.807, 2.05) is 72.9 Å². The maximum atomic E-state index is 13.5. The number of benzene rings is 2. The second kappa shape index (κ2) is 11.5. The van der Waals surface area contributed by atoms with Gasteiger partial charge in [0.2, 0.25) is 5.89 Å². The number of amidine groups is 1. The van der Waals surface area contributed by atoms with Gasteiger partial charge in [0.05, 0.1) is 12.2 Å². The topological polar surface area (TPSA) is 145 Å². The molecule has 42 heavy (non-hydrogen) atoms. The number of hydrogen-bond acceptors (Lipinski definition) is 8. The fourth-order valence-electron chi connectivity index (χ4n) is 5.60. The molecule has 0 aliphatic carbocycles. The van der Waals surface area contributed by atoms with E-state index in [1.165, 1.54) is 5.12 Å². The van der Waals surface area contributed by atoms with Gasteiger partial charge in [0.1, 0.15) is 17.0 Å². The van der Waals surface area contributed by atoms with E-state index in [9.17, 15) is 4.79 Å². The summed E-state index contributed by atoms with van der Waals surface area (Å²) < 4.78 is 7.80. The number of hydrazone groups is 1. The third kappa shape index (κ3) is 5.59. The number of nitrogens with two attached hydrogens (primary N) is 2. The number of aryl methyl sites for hydroxylation is 1. The quantitative estimate of drug-likeness (QED) is 0.129. The molecule has 4 N–H and O–H groups in total. The number of fused-ring (bicyclic) bond motifs is 1. The van der Waals surface area contributed by atoms with Crippen molar-refractivity contribution in [2.45, 2.75) is 25.8 Å². The number of likely N-dealkylation sites (tertiary alicyclic amines) is 1. The summed E-state index contributed by atoms with van der Waals surface area (Å²) in [5.41, 5.74) is 11.3. The van der Waals surface area contributed by atoms with E-state index in [2.05, 4.69) is 15.2 Å². The first-order chi connectivity index (χ1) is 20.4. The number of hydrazine groups is 1. The van der Waals surface area contributed by atoms with Crippen LogP contribution in [0.15, 0.2) is 88.8 Å². The Kier molecular flexibility index (Phi) is 7.41. The molecule has 1 atom stereocenters. The molecule has 5 aromatic rings. The molecule has 1 aliphatic rings. The molecular formula is C31H33N9O2. The summed E-state index contributed by atoms with van der Waals surface area (Å²) >= 11 is 0. The molecule has 0 bridgehead atoms. The molecule has 2 aromatic carbocycles. The number of nitrogens with zero attached hydrogens (tertiary/aromatic N) is 7. The minimum absolute atomic E-state index is 0.123.